The van der Waals surface area contributed by atoms with Gasteiger partial charge in [-0.05, 0) is 28.3 Å². The van der Waals surface area contributed by atoms with Gasteiger partial charge >= 0.3 is 0 Å². The van der Waals surface area contributed by atoms with Crippen LogP contribution in [0.15, 0.2) is 22.9 Å². The summed E-state index contributed by atoms with van der Waals surface area (Å²) in [6.07, 6.45) is 0. The van der Waals surface area contributed by atoms with Crippen molar-refractivity contribution in [2.75, 3.05) is 0 Å². The standard InChI is InChI=1S/C8H5NS4/c1-2-10-8-3-7(12-6(1)8)5-4-11-13-9-5/h1-4,9H. The van der Waals surface area contributed by atoms with Gasteiger partial charge in [-0.15, -0.1) is 22.7 Å². The summed E-state index contributed by atoms with van der Waals surface area (Å²) in [4.78, 5) is 1.35. The van der Waals surface area contributed by atoms with Crippen molar-refractivity contribution >= 4 is 59.5 Å². The van der Waals surface area contributed by atoms with Crippen molar-refractivity contribution in [3.63, 3.8) is 0 Å². The van der Waals surface area contributed by atoms with Gasteiger partial charge in [-0.1, -0.05) is 0 Å². The van der Waals surface area contributed by atoms with Crippen molar-refractivity contribution < 1.29 is 0 Å². The first-order valence-corrected chi connectivity index (χ1v) is 7.60. The molecule has 0 aliphatic carbocycles. The lowest BCUT2D eigenvalue weighted by Crippen LogP contribution is -1.92. The maximum atomic E-state index is 3.28. The molecule has 1 N–H and O–H groups in total. The Morgan fingerprint density at radius 3 is 3.00 bits per heavy atom. The molecule has 66 valence electrons. The number of thiophene rings is 2. The summed E-state index contributed by atoms with van der Waals surface area (Å²) in [5.41, 5.74) is 1.25. The fourth-order valence-electron chi connectivity index (χ4n) is 1.17. The van der Waals surface area contributed by atoms with Crippen LogP contribution in [-0.2, 0) is 0 Å². The highest BCUT2D eigenvalue weighted by molar-refractivity contribution is 8.77. The van der Waals surface area contributed by atoms with Gasteiger partial charge in [0.15, 0.2) is 0 Å². The van der Waals surface area contributed by atoms with Crippen LogP contribution in [-0.4, -0.2) is 0 Å². The van der Waals surface area contributed by atoms with Gasteiger partial charge in [0.2, 0.25) is 0 Å². The minimum Gasteiger partial charge on any atom is -0.319 e. The molecule has 13 heavy (non-hydrogen) atoms. The maximum Gasteiger partial charge on any atom is 0.0694 e. The van der Waals surface area contributed by atoms with E-state index >= 15 is 0 Å². The number of hydrogen-bond donors (Lipinski definition) is 1. The highest BCUT2D eigenvalue weighted by Crippen LogP contribution is 2.39. The number of hydrogen-bond acceptors (Lipinski definition) is 5. The first-order chi connectivity index (χ1) is 6.43. The van der Waals surface area contributed by atoms with E-state index in [0.717, 1.165) is 0 Å². The van der Waals surface area contributed by atoms with E-state index in [9.17, 15) is 0 Å². The van der Waals surface area contributed by atoms with Crippen LogP contribution in [0.2, 0.25) is 0 Å². The molecule has 2 aromatic heterocycles. The van der Waals surface area contributed by atoms with Gasteiger partial charge in [-0.3, -0.25) is 0 Å². The second-order valence-electron chi connectivity index (χ2n) is 2.57. The molecule has 0 aromatic carbocycles. The van der Waals surface area contributed by atoms with Gasteiger partial charge in [0.1, 0.15) is 0 Å². The van der Waals surface area contributed by atoms with Crippen LogP contribution in [0, 0.1) is 0 Å². The number of rotatable bonds is 1. The fourth-order valence-corrected chi connectivity index (χ4v) is 4.95. The minimum absolute atomic E-state index is 1.25. The van der Waals surface area contributed by atoms with Gasteiger partial charge in [0.05, 0.1) is 10.6 Å². The van der Waals surface area contributed by atoms with E-state index in [0.29, 0.717) is 0 Å². The van der Waals surface area contributed by atoms with Crippen LogP contribution in [0.3, 0.4) is 0 Å². The Morgan fingerprint density at radius 2 is 2.23 bits per heavy atom. The van der Waals surface area contributed by atoms with Crippen molar-refractivity contribution in [1.29, 1.82) is 0 Å². The molecule has 3 heterocycles. The van der Waals surface area contributed by atoms with Crippen molar-refractivity contribution in [3.05, 3.63) is 27.8 Å². The zero-order chi connectivity index (χ0) is 8.67. The van der Waals surface area contributed by atoms with Gasteiger partial charge in [0.25, 0.3) is 0 Å². The SMILES string of the molecule is C1=C(c2cc3sccc3s2)NSS1. The summed E-state index contributed by atoms with van der Waals surface area (Å²) in [6.45, 7) is 0. The van der Waals surface area contributed by atoms with Crippen molar-refractivity contribution in [1.82, 2.24) is 4.72 Å². The average molecular weight is 243 g/mol. The Kier molecular flexibility index (Phi) is 2.05. The average Bonchev–Trinajstić information content (AvgIpc) is 2.78. The van der Waals surface area contributed by atoms with Crippen LogP contribution < -0.4 is 4.72 Å². The van der Waals surface area contributed by atoms with E-state index < -0.39 is 0 Å². The van der Waals surface area contributed by atoms with Gasteiger partial charge in [0, 0.05) is 25.8 Å². The molecule has 1 nitrogen and oxygen atoms in total. The molecule has 1 aliphatic rings. The molecule has 0 saturated heterocycles. The van der Waals surface area contributed by atoms with Crippen molar-refractivity contribution in [2.45, 2.75) is 0 Å². The number of nitrogens with one attached hydrogen (secondary N) is 1. The van der Waals surface area contributed by atoms with Crippen LogP contribution >= 0.6 is 44.4 Å². The lowest BCUT2D eigenvalue weighted by molar-refractivity contribution is 1.48. The van der Waals surface area contributed by atoms with Crippen molar-refractivity contribution in [2.24, 2.45) is 0 Å². The quantitative estimate of drug-likeness (QED) is 0.596. The highest BCUT2D eigenvalue weighted by Gasteiger charge is 2.11. The third-order valence-corrected chi connectivity index (χ3v) is 5.46. The second-order valence-corrected chi connectivity index (χ2v) is 6.48. The van der Waals surface area contributed by atoms with E-state index in [-0.39, 0.29) is 0 Å². The molecule has 5 heteroatoms. The summed E-state index contributed by atoms with van der Waals surface area (Å²) >= 11 is 3.66. The van der Waals surface area contributed by atoms with Gasteiger partial charge < -0.3 is 4.72 Å². The molecular weight excluding hydrogens is 238 g/mol. The zero-order valence-corrected chi connectivity index (χ0v) is 9.71. The third-order valence-electron chi connectivity index (χ3n) is 1.77. The Hall–Kier alpha value is -0.100. The first kappa shape index (κ1) is 8.23. The van der Waals surface area contributed by atoms with Crippen molar-refractivity contribution in [3.8, 4) is 0 Å². The molecule has 1 aliphatic heterocycles. The first-order valence-electron chi connectivity index (χ1n) is 3.69. The normalized spacial score (nSPS) is 16.2. The predicted octanol–water partition coefficient (Wildman–Crippen LogP) is 4.16. The van der Waals surface area contributed by atoms with E-state index in [1.54, 1.807) is 21.8 Å². The minimum atomic E-state index is 1.25. The molecule has 0 unspecified atom stereocenters. The Labute approximate surface area is 91.8 Å². The van der Waals surface area contributed by atoms with Gasteiger partial charge in [-0.25, -0.2) is 0 Å². The molecule has 0 radical (unpaired) electrons. The summed E-state index contributed by atoms with van der Waals surface area (Å²) < 4.78 is 6.07. The Morgan fingerprint density at radius 1 is 1.23 bits per heavy atom. The molecule has 0 fully saturated rings. The van der Waals surface area contributed by atoms with Crippen LogP contribution in [0.4, 0.5) is 0 Å². The molecule has 0 bridgehead atoms. The summed E-state index contributed by atoms with van der Waals surface area (Å²) in [5.74, 6) is 0. The summed E-state index contributed by atoms with van der Waals surface area (Å²) in [7, 11) is 3.42. The maximum absolute atomic E-state index is 3.28. The predicted molar refractivity (Wildman–Crippen MR) is 66.0 cm³/mol. The molecule has 3 rings (SSSR count). The van der Waals surface area contributed by atoms with E-state index in [2.05, 4.69) is 27.6 Å². The third kappa shape index (κ3) is 1.40. The molecule has 2 aromatic rings. The van der Waals surface area contributed by atoms with E-state index in [1.807, 2.05) is 22.7 Å². The Bertz CT molecular complexity index is 439. The Balaban J connectivity index is 2.12. The summed E-state index contributed by atoms with van der Waals surface area (Å²) in [5, 5.41) is 4.31. The largest absolute Gasteiger partial charge is 0.319 e. The van der Waals surface area contributed by atoms with E-state index in [4.69, 9.17) is 0 Å². The molecular formula is C8H5NS4. The van der Waals surface area contributed by atoms with Crippen LogP contribution in [0.5, 0.6) is 0 Å². The lowest BCUT2D eigenvalue weighted by Gasteiger charge is -1.95. The molecule has 0 amide bonds. The molecule has 0 atom stereocenters. The lowest BCUT2D eigenvalue weighted by atomic mass is 10.4. The number of fused-ring (bicyclic) bond motifs is 1. The summed E-state index contributed by atoms with van der Waals surface area (Å²) in [6, 6.07) is 4.44. The second kappa shape index (κ2) is 3.24. The highest BCUT2D eigenvalue weighted by atomic mass is 33.1. The van der Waals surface area contributed by atoms with Crippen LogP contribution in [0.25, 0.3) is 15.1 Å². The zero-order valence-electron chi connectivity index (χ0n) is 6.44. The van der Waals surface area contributed by atoms with E-state index in [1.165, 1.54) is 20.0 Å². The molecule has 0 saturated carbocycles. The van der Waals surface area contributed by atoms with Crippen LogP contribution in [0.1, 0.15) is 4.88 Å². The monoisotopic (exact) mass is 243 g/mol. The smallest absolute Gasteiger partial charge is 0.0694 e. The molecule has 0 spiro atoms. The van der Waals surface area contributed by atoms with Gasteiger partial charge in [-0.2, -0.15) is 0 Å². The fraction of sp³-hybridized carbons (Fsp3) is 0. The topological polar surface area (TPSA) is 12.0 Å².